The van der Waals surface area contributed by atoms with E-state index in [-0.39, 0.29) is 22.7 Å². The number of nitrogens with one attached hydrogen (secondary N) is 2. The second-order valence-electron chi connectivity index (χ2n) is 9.52. The van der Waals surface area contributed by atoms with Crippen LogP contribution in [0.25, 0.3) is 0 Å². The third kappa shape index (κ3) is 4.16. The second kappa shape index (κ2) is 7.83. The molecule has 4 nitrogen and oxygen atoms in total. The highest BCUT2D eigenvalue weighted by Gasteiger charge is 2.68. The molecule has 0 spiro atoms. The highest BCUT2D eigenvalue weighted by Crippen LogP contribution is 2.68. The Morgan fingerprint density at radius 2 is 1.63 bits per heavy atom. The molecule has 2 N–H and O–H groups in total. The monoisotopic (exact) mass is 371 g/mol. The number of rotatable bonds is 3. The molecule has 1 saturated carbocycles. The highest BCUT2D eigenvalue weighted by molar-refractivity contribution is 5.96. The number of carbonyl (C=O) groups is 1. The Morgan fingerprint density at radius 1 is 1.04 bits per heavy atom. The standard InChI is InChI=1S/C19H28N2O.C4H9N/c1-13-12-14(21-10-6-7-11-21)8-9-15(13)20-17(22)16-18(2,3)19(16,4)5;1-2-4-5-3-1/h8-9,12,16H,6-7,10-11H2,1-5H3,(H,20,22);5H,1-4H2. The lowest BCUT2D eigenvalue weighted by molar-refractivity contribution is -0.118. The molecule has 4 rings (SSSR count). The maximum absolute atomic E-state index is 12.6. The minimum Gasteiger partial charge on any atom is -0.372 e. The van der Waals surface area contributed by atoms with E-state index in [4.69, 9.17) is 0 Å². The van der Waals surface area contributed by atoms with Crippen LogP contribution in [0.4, 0.5) is 11.4 Å². The van der Waals surface area contributed by atoms with Gasteiger partial charge in [-0.05, 0) is 80.3 Å². The fourth-order valence-corrected chi connectivity index (χ4v) is 4.64. The van der Waals surface area contributed by atoms with Crippen molar-refractivity contribution in [3.63, 3.8) is 0 Å². The lowest BCUT2D eigenvalue weighted by atomic mass is 10.0. The Labute approximate surface area is 165 Å². The molecule has 1 aromatic carbocycles. The molecule has 1 amide bonds. The van der Waals surface area contributed by atoms with Gasteiger partial charge >= 0.3 is 0 Å². The van der Waals surface area contributed by atoms with Crippen LogP contribution in [0.5, 0.6) is 0 Å². The number of aryl methyl sites for hydroxylation is 1. The van der Waals surface area contributed by atoms with E-state index in [2.05, 4.69) is 68.4 Å². The van der Waals surface area contributed by atoms with Crippen molar-refractivity contribution >= 4 is 17.3 Å². The molecule has 1 aromatic rings. The average Bonchev–Trinajstić information content (AvgIpc) is 3.19. The molecule has 0 aromatic heterocycles. The topological polar surface area (TPSA) is 44.4 Å². The van der Waals surface area contributed by atoms with Crippen LogP contribution in [-0.2, 0) is 4.79 Å². The Hall–Kier alpha value is -1.55. The number of hydrogen-bond acceptors (Lipinski definition) is 3. The van der Waals surface area contributed by atoms with E-state index in [1.165, 1.54) is 44.5 Å². The largest absolute Gasteiger partial charge is 0.372 e. The van der Waals surface area contributed by atoms with Gasteiger partial charge in [0, 0.05) is 30.4 Å². The third-order valence-corrected chi connectivity index (χ3v) is 7.18. The van der Waals surface area contributed by atoms with Crippen molar-refractivity contribution in [3.8, 4) is 0 Å². The van der Waals surface area contributed by atoms with Gasteiger partial charge in [-0.15, -0.1) is 0 Å². The lowest BCUT2D eigenvalue weighted by Crippen LogP contribution is -2.20. The Kier molecular flexibility index (Phi) is 5.85. The molecule has 0 bridgehead atoms. The SMILES string of the molecule is C1CCNC1.Cc1cc(N2CCCC2)ccc1NC(=O)C1C(C)(C)C1(C)C. The number of benzene rings is 1. The second-order valence-corrected chi connectivity index (χ2v) is 9.52. The number of amides is 1. The molecule has 1 aliphatic carbocycles. The summed E-state index contributed by atoms with van der Waals surface area (Å²) in [6, 6.07) is 6.39. The summed E-state index contributed by atoms with van der Waals surface area (Å²) in [5.41, 5.74) is 3.54. The maximum atomic E-state index is 12.6. The van der Waals surface area contributed by atoms with Gasteiger partial charge in [-0.3, -0.25) is 4.79 Å². The van der Waals surface area contributed by atoms with E-state index < -0.39 is 0 Å². The Morgan fingerprint density at radius 3 is 2.07 bits per heavy atom. The third-order valence-electron chi connectivity index (χ3n) is 7.18. The summed E-state index contributed by atoms with van der Waals surface area (Å²) in [6.07, 6.45) is 5.34. The predicted molar refractivity (Wildman–Crippen MR) is 114 cm³/mol. The van der Waals surface area contributed by atoms with Gasteiger partial charge in [0.25, 0.3) is 0 Å². The van der Waals surface area contributed by atoms with Crippen LogP contribution in [0.2, 0.25) is 0 Å². The Bertz CT molecular complexity index is 649. The van der Waals surface area contributed by atoms with Gasteiger partial charge in [-0.1, -0.05) is 27.7 Å². The average molecular weight is 372 g/mol. The van der Waals surface area contributed by atoms with E-state index in [9.17, 15) is 4.79 Å². The van der Waals surface area contributed by atoms with Crippen LogP contribution in [-0.4, -0.2) is 32.1 Å². The molecule has 0 atom stereocenters. The summed E-state index contributed by atoms with van der Waals surface area (Å²) in [7, 11) is 0. The number of hydrogen-bond donors (Lipinski definition) is 2. The van der Waals surface area contributed by atoms with Gasteiger partial charge in [-0.2, -0.15) is 0 Å². The first-order valence-corrected chi connectivity index (χ1v) is 10.6. The zero-order valence-corrected chi connectivity index (χ0v) is 17.8. The molecular formula is C23H37N3O. The summed E-state index contributed by atoms with van der Waals surface area (Å²) in [4.78, 5) is 15.0. The van der Waals surface area contributed by atoms with Gasteiger partial charge in [0.1, 0.15) is 0 Å². The first kappa shape index (κ1) is 20.2. The van der Waals surface area contributed by atoms with Crippen LogP contribution < -0.4 is 15.5 Å². The van der Waals surface area contributed by atoms with Gasteiger partial charge in [0.15, 0.2) is 0 Å². The van der Waals surface area contributed by atoms with Crippen LogP contribution >= 0.6 is 0 Å². The molecule has 4 heteroatoms. The molecule has 0 unspecified atom stereocenters. The van der Waals surface area contributed by atoms with Crippen LogP contribution in [0.1, 0.15) is 58.9 Å². The van der Waals surface area contributed by atoms with E-state index >= 15 is 0 Å². The van der Waals surface area contributed by atoms with Crippen molar-refractivity contribution < 1.29 is 4.79 Å². The first-order valence-electron chi connectivity index (χ1n) is 10.6. The summed E-state index contributed by atoms with van der Waals surface area (Å²) >= 11 is 0. The molecule has 3 aliphatic rings. The van der Waals surface area contributed by atoms with Gasteiger partial charge in [-0.25, -0.2) is 0 Å². The number of nitrogens with zero attached hydrogens (tertiary/aromatic N) is 1. The van der Waals surface area contributed by atoms with Crippen LogP contribution in [0, 0.1) is 23.7 Å². The van der Waals surface area contributed by atoms with Crippen molar-refractivity contribution in [1.82, 2.24) is 5.32 Å². The maximum Gasteiger partial charge on any atom is 0.228 e. The van der Waals surface area contributed by atoms with Crippen molar-refractivity contribution in [1.29, 1.82) is 0 Å². The van der Waals surface area contributed by atoms with Gasteiger partial charge < -0.3 is 15.5 Å². The quantitative estimate of drug-likeness (QED) is 0.817. The van der Waals surface area contributed by atoms with Gasteiger partial charge in [0.05, 0.1) is 0 Å². The van der Waals surface area contributed by atoms with E-state index in [0.717, 1.165) is 24.3 Å². The minimum absolute atomic E-state index is 0.0838. The summed E-state index contributed by atoms with van der Waals surface area (Å²) in [6.45, 7) is 15.6. The molecule has 2 heterocycles. The van der Waals surface area contributed by atoms with Crippen molar-refractivity contribution in [3.05, 3.63) is 23.8 Å². The number of anilines is 2. The minimum atomic E-state index is 0.0838. The van der Waals surface area contributed by atoms with Crippen LogP contribution in [0.15, 0.2) is 18.2 Å². The first-order chi connectivity index (χ1) is 12.7. The molecular weight excluding hydrogens is 334 g/mol. The molecule has 2 saturated heterocycles. The normalized spacial score (nSPS) is 22.9. The van der Waals surface area contributed by atoms with Crippen LogP contribution in [0.3, 0.4) is 0 Å². The predicted octanol–water partition coefficient (Wildman–Crippen LogP) is 4.59. The van der Waals surface area contributed by atoms with Crippen molar-refractivity contribution in [2.24, 2.45) is 16.7 Å². The molecule has 150 valence electrons. The summed E-state index contributed by atoms with van der Waals surface area (Å²) < 4.78 is 0. The zero-order chi connectivity index (χ0) is 19.7. The summed E-state index contributed by atoms with van der Waals surface area (Å²) in [5, 5.41) is 6.37. The van der Waals surface area contributed by atoms with Gasteiger partial charge in [0.2, 0.25) is 5.91 Å². The fraction of sp³-hybridized carbons (Fsp3) is 0.696. The zero-order valence-electron chi connectivity index (χ0n) is 17.8. The molecule has 0 radical (unpaired) electrons. The molecule has 3 fully saturated rings. The smallest absolute Gasteiger partial charge is 0.228 e. The molecule has 27 heavy (non-hydrogen) atoms. The van der Waals surface area contributed by atoms with E-state index in [1.807, 2.05) is 0 Å². The van der Waals surface area contributed by atoms with Crippen molar-refractivity contribution in [2.45, 2.75) is 60.3 Å². The highest BCUT2D eigenvalue weighted by atomic mass is 16.2. The summed E-state index contributed by atoms with van der Waals surface area (Å²) in [5.74, 6) is 0.254. The fourth-order valence-electron chi connectivity index (χ4n) is 4.64. The Balaban J connectivity index is 0.000000364. The lowest BCUT2D eigenvalue weighted by Gasteiger charge is -2.19. The number of carbonyl (C=O) groups excluding carboxylic acids is 1. The van der Waals surface area contributed by atoms with Crippen molar-refractivity contribution in [2.75, 3.05) is 36.4 Å². The van der Waals surface area contributed by atoms with E-state index in [1.54, 1.807) is 0 Å². The molecule has 2 aliphatic heterocycles. The van der Waals surface area contributed by atoms with E-state index in [0.29, 0.717) is 0 Å².